The van der Waals surface area contributed by atoms with Crippen molar-refractivity contribution < 1.29 is 19.1 Å². The van der Waals surface area contributed by atoms with Gasteiger partial charge in [-0.15, -0.1) is 5.10 Å². The summed E-state index contributed by atoms with van der Waals surface area (Å²) >= 11 is 0. The Hall–Kier alpha value is -4.21. The lowest BCUT2D eigenvalue weighted by Gasteiger charge is -2.13. The second-order valence-corrected chi connectivity index (χ2v) is 8.25. The van der Waals surface area contributed by atoms with Crippen LogP contribution in [0, 0.1) is 0 Å². The van der Waals surface area contributed by atoms with Crippen LogP contribution in [0.5, 0.6) is 5.75 Å². The Bertz CT molecular complexity index is 1300. The van der Waals surface area contributed by atoms with Crippen molar-refractivity contribution in [2.24, 2.45) is 0 Å². The summed E-state index contributed by atoms with van der Waals surface area (Å²) in [5.41, 5.74) is 1.16. The third-order valence-corrected chi connectivity index (χ3v) is 5.96. The molecule has 0 radical (unpaired) electrons. The summed E-state index contributed by atoms with van der Waals surface area (Å²) in [5.74, 6) is -0.171. The molecule has 2 aliphatic rings. The topological polar surface area (TPSA) is 116 Å². The van der Waals surface area contributed by atoms with Crippen LogP contribution >= 0.6 is 0 Å². The number of nitrogens with one attached hydrogen (secondary N) is 1. The molecular weight excluding hydrogens is 438 g/mol. The fourth-order valence-corrected chi connectivity index (χ4v) is 4.05. The minimum Gasteiger partial charge on any atom is -0.497 e. The third kappa shape index (κ3) is 3.87. The number of carbonyl (C=O) groups is 3. The second kappa shape index (κ2) is 8.62. The molecule has 1 fully saturated rings. The van der Waals surface area contributed by atoms with Gasteiger partial charge < -0.3 is 10.1 Å². The zero-order valence-corrected chi connectivity index (χ0v) is 18.6. The van der Waals surface area contributed by atoms with Crippen LogP contribution in [0.3, 0.4) is 0 Å². The molecule has 0 bridgehead atoms. The lowest BCUT2D eigenvalue weighted by Crippen LogP contribution is -2.41. The summed E-state index contributed by atoms with van der Waals surface area (Å²) < 4.78 is 8.23. The van der Waals surface area contributed by atoms with Crippen molar-refractivity contribution in [1.82, 2.24) is 24.6 Å². The number of aromatic nitrogens is 3. The molecule has 34 heavy (non-hydrogen) atoms. The number of nitrogens with zero attached hydrogens (tertiary/aromatic N) is 4. The highest BCUT2D eigenvalue weighted by Crippen LogP contribution is 2.36. The minimum atomic E-state index is -0.487. The average molecular weight is 461 g/mol. The first-order valence-electron chi connectivity index (χ1n) is 11.0. The number of imide groups is 1. The number of fused-ring (bicyclic) bond motifs is 1. The van der Waals surface area contributed by atoms with E-state index in [1.54, 1.807) is 35.9 Å². The van der Waals surface area contributed by atoms with Crippen LogP contribution in [0.1, 0.15) is 39.6 Å². The standard InChI is InChI=1S/C24H23N5O5/c1-34-17-10-6-15(7-11-17)21-26-28(24(33)29(21)16-8-9-16)13-12-25-20(30)14-27-22(31)18-4-2-3-5-19(18)23(27)32/h2-7,10-11,16H,8-9,12-14H2,1H3,(H,25,30). The highest BCUT2D eigenvalue weighted by Gasteiger charge is 2.36. The normalized spacial score (nSPS) is 14.9. The molecule has 0 atom stereocenters. The fraction of sp³-hybridized carbons (Fsp3) is 0.292. The van der Waals surface area contributed by atoms with E-state index >= 15 is 0 Å². The van der Waals surface area contributed by atoms with Gasteiger partial charge in [0.25, 0.3) is 11.8 Å². The number of hydrogen-bond acceptors (Lipinski definition) is 6. The summed E-state index contributed by atoms with van der Waals surface area (Å²) in [6, 6.07) is 13.9. The molecular formula is C24H23N5O5. The van der Waals surface area contributed by atoms with Gasteiger partial charge >= 0.3 is 5.69 Å². The summed E-state index contributed by atoms with van der Waals surface area (Å²) in [6.07, 6.45) is 1.84. The summed E-state index contributed by atoms with van der Waals surface area (Å²) in [6.45, 7) is -0.0872. The monoisotopic (exact) mass is 461 g/mol. The Kier molecular flexibility index (Phi) is 5.48. The molecule has 0 unspecified atom stereocenters. The van der Waals surface area contributed by atoms with E-state index in [0.29, 0.717) is 22.7 Å². The highest BCUT2D eigenvalue weighted by atomic mass is 16.5. The van der Waals surface area contributed by atoms with E-state index < -0.39 is 17.7 Å². The molecule has 10 nitrogen and oxygen atoms in total. The van der Waals surface area contributed by atoms with E-state index in [0.717, 1.165) is 23.3 Å². The average Bonchev–Trinajstić information content (AvgIpc) is 3.60. The van der Waals surface area contributed by atoms with Crippen molar-refractivity contribution in [3.63, 3.8) is 0 Å². The van der Waals surface area contributed by atoms with Crippen molar-refractivity contribution in [2.45, 2.75) is 25.4 Å². The maximum absolute atomic E-state index is 13.0. The van der Waals surface area contributed by atoms with Crippen LogP contribution < -0.4 is 15.7 Å². The Morgan fingerprint density at radius 3 is 2.26 bits per heavy atom. The molecule has 1 saturated carbocycles. The minimum absolute atomic E-state index is 0.127. The number of carbonyl (C=O) groups excluding carboxylic acids is 3. The first kappa shape index (κ1) is 21.6. The predicted molar refractivity (Wildman–Crippen MR) is 122 cm³/mol. The van der Waals surface area contributed by atoms with Crippen LogP contribution in [0.2, 0.25) is 0 Å². The second-order valence-electron chi connectivity index (χ2n) is 8.25. The fourth-order valence-electron chi connectivity index (χ4n) is 4.05. The molecule has 10 heteroatoms. The molecule has 5 rings (SSSR count). The van der Waals surface area contributed by atoms with Gasteiger partial charge in [0.1, 0.15) is 12.3 Å². The van der Waals surface area contributed by atoms with E-state index in [2.05, 4.69) is 10.4 Å². The summed E-state index contributed by atoms with van der Waals surface area (Å²) in [4.78, 5) is 51.1. The van der Waals surface area contributed by atoms with Crippen LogP contribution in [0.15, 0.2) is 53.3 Å². The largest absolute Gasteiger partial charge is 0.497 e. The quantitative estimate of drug-likeness (QED) is 0.508. The van der Waals surface area contributed by atoms with Crippen LogP contribution in [0.25, 0.3) is 11.4 Å². The molecule has 2 aromatic carbocycles. The zero-order valence-electron chi connectivity index (χ0n) is 18.6. The summed E-state index contributed by atoms with van der Waals surface area (Å²) in [7, 11) is 1.59. The van der Waals surface area contributed by atoms with Gasteiger partial charge in [-0.3, -0.25) is 23.9 Å². The van der Waals surface area contributed by atoms with Crippen molar-refractivity contribution >= 4 is 17.7 Å². The first-order chi connectivity index (χ1) is 16.5. The maximum atomic E-state index is 13.0. The third-order valence-electron chi connectivity index (χ3n) is 5.96. The van der Waals surface area contributed by atoms with E-state index in [-0.39, 0.29) is 31.4 Å². The van der Waals surface area contributed by atoms with Gasteiger partial charge in [0.2, 0.25) is 5.91 Å². The lowest BCUT2D eigenvalue weighted by atomic mass is 10.1. The predicted octanol–water partition coefficient (Wildman–Crippen LogP) is 1.47. The number of hydrogen-bond donors (Lipinski definition) is 1. The van der Waals surface area contributed by atoms with Crippen LogP contribution in [-0.2, 0) is 11.3 Å². The van der Waals surface area contributed by atoms with Gasteiger partial charge in [0.15, 0.2) is 5.82 Å². The number of ether oxygens (including phenoxy) is 1. The lowest BCUT2D eigenvalue weighted by molar-refractivity contribution is -0.121. The maximum Gasteiger partial charge on any atom is 0.346 e. The van der Waals surface area contributed by atoms with E-state index in [1.165, 1.54) is 4.68 Å². The Balaban J connectivity index is 1.24. The number of methoxy groups -OCH3 is 1. The van der Waals surface area contributed by atoms with Crippen molar-refractivity contribution in [3.8, 4) is 17.1 Å². The first-order valence-corrected chi connectivity index (χ1v) is 11.0. The van der Waals surface area contributed by atoms with Gasteiger partial charge in [-0.25, -0.2) is 9.48 Å². The number of benzene rings is 2. The van der Waals surface area contributed by atoms with E-state index in [9.17, 15) is 19.2 Å². The number of amides is 3. The van der Waals surface area contributed by atoms with Crippen molar-refractivity contribution in [3.05, 3.63) is 70.1 Å². The molecule has 0 saturated heterocycles. The van der Waals surface area contributed by atoms with Gasteiger partial charge in [-0.1, -0.05) is 12.1 Å². The van der Waals surface area contributed by atoms with Crippen molar-refractivity contribution in [1.29, 1.82) is 0 Å². The highest BCUT2D eigenvalue weighted by molar-refractivity contribution is 6.22. The smallest absolute Gasteiger partial charge is 0.346 e. The van der Waals surface area contributed by atoms with Gasteiger partial charge in [0.05, 0.1) is 24.8 Å². The van der Waals surface area contributed by atoms with Crippen LogP contribution in [-0.4, -0.2) is 57.2 Å². The molecule has 1 aliphatic carbocycles. The molecule has 1 aromatic heterocycles. The van der Waals surface area contributed by atoms with Crippen LogP contribution in [0.4, 0.5) is 0 Å². The molecule has 174 valence electrons. The SMILES string of the molecule is COc1ccc(-c2nn(CCNC(=O)CN3C(=O)c4ccccc4C3=O)c(=O)n2C2CC2)cc1. The Morgan fingerprint density at radius 2 is 1.68 bits per heavy atom. The Labute approximate surface area is 194 Å². The molecule has 2 heterocycles. The van der Waals surface area contributed by atoms with Crippen molar-refractivity contribution in [2.75, 3.05) is 20.2 Å². The molecule has 3 amide bonds. The Morgan fingerprint density at radius 1 is 1.03 bits per heavy atom. The summed E-state index contributed by atoms with van der Waals surface area (Å²) in [5, 5.41) is 7.18. The molecule has 1 aliphatic heterocycles. The molecule has 0 spiro atoms. The van der Waals surface area contributed by atoms with Gasteiger partial charge in [-0.05, 0) is 49.2 Å². The zero-order chi connectivity index (χ0) is 23.8. The van der Waals surface area contributed by atoms with Gasteiger partial charge in [0, 0.05) is 18.2 Å². The van der Waals surface area contributed by atoms with E-state index in [1.807, 2.05) is 24.3 Å². The molecule has 3 aromatic rings. The molecule has 1 N–H and O–H groups in total. The van der Waals surface area contributed by atoms with Gasteiger partial charge in [-0.2, -0.15) is 0 Å². The number of rotatable bonds is 8. The van der Waals surface area contributed by atoms with E-state index in [4.69, 9.17) is 4.74 Å².